The van der Waals surface area contributed by atoms with Crippen molar-refractivity contribution in [1.82, 2.24) is 10.2 Å². The molecule has 0 fully saturated rings. The van der Waals surface area contributed by atoms with Gasteiger partial charge in [0.15, 0.2) is 0 Å². The number of halogens is 1. The fourth-order valence-corrected chi connectivity index (χ4v) is 3.36. The molecule has 0 saturated heterocycles. The van der Waals surface area contributed by atoms with Gasteiger partial charge in [-0.05, 0) is 48.1 Å². The predicted octanol–water partition coefficient (Wildman–Crippen LogP) is 2.84. The number of benzene rings is 1. The lowest BCUT2D eigenvalue weighted by Crippen LogP contribution is -2.48. The summed E-state index contributed by atoms with van der Waals surface area (Å²) in [5.74, 6) is -0.437. The Hall–Kier alpha value is -1.61. The smallest absolute Gasteiger partial charge is 0.338 e. The third-order valence-corrected chi connectivity index (χ3v) is 4.85. The Labute approximate surface area is 155 Å². The Morgan fingerprint density at radius 1 is 1.33 bits per heavy atom. The normalized spacial score (nSPS) is 17.8. The van der Waals surface area contributed by atoms with Gasteiger partial charge in [0, 0.05) is 22.9 Å². The van der Waals surface area contributed by atoms with Crippen LogP contribution in [-0.2, 0) is 14.3 Å². The molecule has 2 amide bonds. The number of rotatable bonds is 6. The summed E-state index contributed by atoms with van der Waals surface area (Å²) in [5, 5.41) is 2.92. The Morgan fingerprint density at radius 3 is 2.67 bits per heavy atom. The van der Waals surface area contributed by atoms with Gasteiger partial charge in [-0.3, -0.25) is 4.90 Å². The number of amides is 2. The summed E-state index contributed by atoms with van der Waals surface area (Å²) < 4.78 is 11.2. The first-order valence-corrected chi connectivity index (χ1v) is 8.78. The molecule has 1 aromatic rings. The van der Waals surface area contributed by atoms with Gasteiger partial charge in [-0.1, -0.05) is 18.2 Å². The molecule has 0 aromatic heterocycles. The topological polar surface area (TPSA) is 67.9 Å². The highest BCUT2D eigenvalue weighted by Crippen LogP contribution is 2.33. The van der Waals surface area contributed by atoms with Gasteiger partial charge in [0.05, 0.1) is 18.2 Å². The van der Waals surface area contributed by atoms with Crippen LogP contribution in [0.25, 0.3) is 0 Å². The van der Waals surface area contributed by atoms with Gasteiger partial charge in [-0.25, -0.2) is 9.59 Å². The van der Waals surface area contributed by atoms with Crippen molar-refractivity contribution in [1.29, 1.82) is 0 Å². The van der Waals surface area contributed by atoms with E-state index in [1.54, 1.807) is 18.9 Å². The van der Waals surface area contributed by atoms with E-state index in [-0.39, 0.29) is 12.6 Å². The van der Waals surface area contributed by atoms with Crippen LogP contribution in [0.15, 0.2) is 35.5 Å². The number of nitrogens with zero attached hydrogens (tertiary/aromatic N) is 1. The molecule has 1 N–H and O–H groups in total. The van der Waals surface area contributed by atoms with Crippen molar-refractivity contribution < 1.29 is 19.1 Å². The molecule has 1 aliphatic heterocycles. The summed E-state index contributed by atoms with van der Waals surface area (Å²) in [6.45, 7) is 4.62. The molecule has 0 radical (unpaired) electrons. The van der Waals surface area contributed by atoms with Crippen molar-refractivity contribution in [3.8, 4) is 0 Å². The number of ether oxygens (including phenoxy) is 2. The average molecular weight is 444 g/mol. The van der Waals surface area contributed by atoms with Gasteiger partial charge in [0.25, 0.3) is 0 Å². The minimum atomic E-state index is -0.525. The van der Waals surface area contributed by atoms with Crippen molar-refractivity contribution in [2.75, 3.05) is 26.9 Å². The Balaban J connectivity index is 2.44. The Morgan fingerprint density at radius 2 is 2.04 bits per heavy atom. The van der Waals surface area contributed by atoms with E-state index in [1.807, 2.05) is 31.2 Å². The fraction of sp³-hybridized carbons (Fsp3) is 0.412. The quantitative estimate of drug-likeness (QED) is 0.417. The van der Waals surface area contributed by atoms with Crippen LogP contribution in [0.3, 0.4) is 0 Å². The molecule has 0 aliphatic carbocycles. The van der Waals surface area contributed by atoms with Gasteiger partial charge in [-0.15, -0.1) is 0 Å². The van der Waals surface area contributed by atoms with E-state index in [4.69, 9.17) is 9.47 Å². The summed E-state index contributed by atoms with van der Waals surface area (Å²) in [4.78, 5) is 26.5. The van der Waals surface area contributed by atoms with Crippen LogP contribution >= 0.6 is 22.6 Å². The van der Waals surface area contributed by atoms with Crippen molar-refractivity contribution in [3.63, 3.8) is 0 Å². The second-order valence-corrected chi connectivity index (χ2v) is 6.44. The summed E-state index contributed by atoms with van der Waals surface area (Å²) in [7, 11) is 1.55. The van der Waals surface area contributed by atoms with Crippen LogP contribution in [-0.4, -0.2) is 43.8 Å². The number of allylic oxidation sites excluding steroid dienone is 1. The number of methoxy groups -OCH3 is 1. The number of nitrogens with one attached hydrogen (secondary N) is 1. The molecular formula is C17H21IN2O4. The summed E-state index contributed by atoms with van der Waals surface area (Å²) in [6.07, 6.45) is 0. The van der Waals surface area contributed by atoms with Crippen molar-refractivity contribution >= 4 is 34.6 Å². The molecule has 1 aromatic carbocycles. The van der Waals surface area contributed by atoms with E-state index in [2.05, 4.69) is 27.9 Å². The largest absolute Gasteiger partial charge is 0.460 e. The van der Waals surface area contributed by atoms with Crippen LogP contribution in [0.2, 0.25) is 0 Å². The molecule has 1 unspecified atom stereocenters. The molecule has 1 aliphatic rings. The first-order chi connectivity index (χ1) is 11.5. The second kappa shape index (κ2) is 8.48. The lowest BCUT2D eigenvalue weighted by Gasteiger charge is -2.35. The Kier molecular flexibility index (Phi) is 6.61. The minimum Gasteiger partial charge on any atom is -0.460 e. The number of urea groups is 1. The van der Waals surface area contributed by atoms with Crippen LogP contribution in [0.4, 0.5) is 4.79 Å². The molecule has 2 rings (SSSR count). The zero-order valence-corrected chi connectivity index (χ0v) is 16.1. The molecule has 7 heteroatoms. The molecule has 0 spiro atoms. The second-order valence-electron chi connectivity index (χ2n) is 5.28. The predicted molar refractivity (Wildman–Crippen MR) is 98.3 cm³/mol. The van der Waals surface area contributed by atoms with E-state index in [0.29, 0.717) is 24.4 Å². The van der Waals surface area contributed by atoms with Gasteiger partial charge >= 0.3 is 12.0 Å². The number of carbonyl (C=O) groups excluding carboxylic acids is 2. The van der Waals surface area contributed by atoms with Gasteiger partial charge in [0.1, 0.15) is 6.61 Å². The van der Waals surface area contributed by atoms with E-state index in [9.17, 15) is 9.59 Å². The Bertz CT molecular complexity index is 660. The van der Waals surface area contributed by atoms with Crippen LogP contribution in [0.1, 0.15) is 25.5 Å². The minimum absolute atomic E-state index is 0.171. The first kappa shape index (κ1) is 18.7. The van der Waals surface area contributed by atoms with E-state index in [0.717, 1.165) is 9.13 Å². The van der Waals surface area contributed by atoms with Crippen molar-refractivity contribution in [2.45, 2.75) is 19.9 Å². The molecule has 0 bridgehead atoms. The third-order valence-electron chi connectivity index (χ3n) is 3.87. The molecular weight excluding hydrogens is 423 g/mol. The third kappa shape index (κ3) is 3.89. The number of carbonyl (C=O) groups is 2. The lowest BCUT2D eigenvalue weighted by atomic mass is 9.95. The maximum atomic E-state index is 12.6. The molecule has 6 nitrogen and oxygen atoms in total. The zero-order chi connectivity index (χ0) is 17.7. The number of hydrogen-bond donors (Lipinski definition) is 1. The SMILES string of the molecule is CCN1C(=O)NC(c2ccccc2I)C(C(=O)OCCOC)=C1C. The van der Waals surface area contributed by atoms with Crippen molar-refractivity contribution in [2.24, 2.45) is 0 Å². The van der Waals surface area contributed by atoms with E-state index in [1.165, 1.54) is 0 Å². The highest BCUT2D eigenvalue weighted by molar-refractivity contribution is 14.1. The van der Waals surface area contributed by atoms with Crippen LogP contribution in [0.5, 0.6) is 0 Å². The fourth-order valence-electron chi connectivity index (χ4n) is 2.66. The molecule has 24 heavy (non-hydrogen) atoms. The van der Waals surface area contributed by atoms with Crippen LogP contribution < -0.4 is 5.32 Å². The lowest BCUT2D eigenvalue weighted by molar-refractivity contribution is -0.140. The maximum absolute atomic E-state index is 12.6. The zero-order valence-electron chi connectivity index (χ0n) is 14.0. The highest BCUT2D eigenvalue weighted by Gasteiger charge is 2.36. The van der Waals surface area contributed by atoms with E-state index < -0.39 is 12.0 Å². The summed E-state index contributed by atoms with van der Waals surface area (Å²) in [5.41, 5.74) is 1.95. The summed E-state index contributed by atoms with van der Waals surface area (Å²) in [6, 6.07) is 6.92. The number of esters is 1. The first-order valence-electron chi connectivity index (χ1n) is 7.70. The molecule has 130 valence electrons. The van der Waals surface area contributed by atoms with Crippen molar-refractivity contribution in [3.05, 3.63) is 44.7 Å². The summed E-state index contributed by atoms with van der Waals surface area (Å²) >= 11 is 2.20. The molecule has 1 atom stereocenters. The van der Waals surface area contributed by atoms with E-state index >= 15 is 0 Å². The molecule has 0 saturated carbocycles. The van der Waals surface area contributed by atoms with Gasteiger partial charge < -0.3 is 14.8 Å². The average Bonchev–Trinajstić information content (AvgIpc) is 2.55. The monoisotopic (exact) mass is 444 g/mol. The maximum Gasteiger partial charge on any atom is 0.338 e. The molecule has 1 heterocycles. The number of hydrogen-bond acceptors (Lipinski definition) is 4. The standard InChI is InChI=1S/C17H21IN2O4/c1-4-20-11(2)14(16(21)24-10-9-23-3)15(19-17(20)22)12-7-5-6-8-13(12)18/h5-8,15H,4,9-10H2,1-3H3,(H,19,22). The van der Waals surface area contributed by atoms with Crippen LogP contribution in [0, 0.1) is 3.57 Å². The highest BCUT2D eigenvalue weighted by atomic mass is 127. The van der Waals surface area contributed by atoms with Gasteiger partial charge in [-0.2, -0.15) is 0 Å². The van der Waals surface area contributed by atoms with Gasteiger partial charge in [0.2, 0.25) is 0 Å².